The van der Waals surface area contributed by atoms with E-state index in [1.54, 1.807) is 6.07 Å². The summed E-state index contributed by atoms with van der Waals surface area (Å²) < 4.78 is 48.4. The van der Waals surface area contributed by atoms with Gasteiger partial charge in [-0.1, -0.05) is 72.8 Å². The molecule has 0 fully saturated rings. The zero-order valence-corrected chi connectivity index (χ0v) is 18.2. The van der Waals surface area contributed by atoms with Crippen molar-refractivity contribution in [1.82, 2.24) is 0 Å². The number of benzene rings is 3. The molecule has 0 aliphatic heterocycles. The third-order valence-corrected chi connectivity index (χ3v) is 7.98. The first kappa shape index (κ1) is 21.6. The molecule has 29 heavy (non-hydrogen) atoms. The molecule has 0 heterocycles. The fourth-order valence-corrected chi connectivity index (χ4v) is 6.82. The lowest BCUT2D eigenvalue weighted by Crippen LogP contribution is -2.31. The van der Waals surface area contributed by atoms with Crippen molar-refractivity contribution in [3.8, 4) is 0 Å². The number of hydrogen-bond donors (Lipinski definition) is 0. The van der Waals surface area contributed by atoms with Crippen molar-refractivity contribution in [1.29, 1.82) is 0 Å². The van der Waals surface area contributed by atoms with Crippen LogP contribution in [0, 0.1) is 0 Å². The molecule has 0 atom stereocenters. The lowest BCUT2D eigenvalue weighted by Gasteiger charge is -2.22. The van der Waals surface area contributed by atoms with Gasteiger partial charge in [-0.15, -0.1) is 3.71 Å². The largest absolute Gasteiger partial charge is 0.335 e. The Balaban J connectivity index is 2.21. The van der Waals surface area contributed by atoms with Crippen molar-refractivity contribution in [2.75, 3.05) is 3.71 Å². The first-order valence-corrected chi connectivity index (χ1v) is 13.1. The van der Waals surface area contributed by atoms with Crippen molar-refractivity contribution in [3.63, 3.8) is 0 Å². The van der Waals surface area contributed by atoms with Gasteiger partial charge in [0.05, 0.1) is 5.69 Å². The quantitative estimate of drug-likeness (QED) is 0.472. The van der Waals surface area contributed by atoms with Crippen molar-refractivity contribution in [2.24, 2.45) is 0 Å². The molecule has 0 aliphatic carbocycles. The van der Waals surface area contributed by atoms with Gasteiger partial charge >= 0.3 is 18.5 Å². The standard InChI is InChI=1S/C20H17Cl2NO4S2/c21-28(24,25)23(29(22,26)27)20-13-7-12-18(14-16-8-3-1-4-9-16)19(20)15-17-10-5-2-6-11-17/h1-13H,14-15H2. The SMILES string of the molecule is O=S(=O)(Cl)N(c1cccc(Cc2ccccc2)c1Cc1ccccc1)S(=O)(=O)Cl. The van der Waals surface area contributed by atoms with Gasteiger partial charge in [0.25, 0.3) is 0 Å². The summed E-state index contributed by atoms with van der Waals surface area (Å²) in [5, 5.41) is 0. The van der Waals surface area contributed by atoms with Crippen molar-refractivity contribution in [3.05, 3.63) is 101 Å². The second-order valence-electron chi connectivity index (χ2n) is 6.32. The Morgan fingerprint density at radius 1 is 0.621 bits per heavy atom. The van der Waals surface area contributed by atoms with Crippen LogP contribution in [0.3, 0.4) is 0 Å². The number of rotatable bonds is 7. The molecule has 0 bridgehead atoms. The van der Waals surface area contributed by atoms with Crippen LogP contribution in [0.2, 0.25) is 0 Å². The predicted octanol–water partition coefficient (Wildman–Crippen LogP) is 4.64. The fourth-order valence-electron chi connectivity index (χ4n) is 3.12. The predicted molar refractivity (Wildman–Crippen MR) is 117 cm³/mol. The molecule has 9 heteroatoms. The summed E-state index contributed by atoms with van der Waals surface area (Å²) in [5.41, 5.74) is 3.06. The Labute approximate surface area is 179 Å². The zero-order valence-electron chi connectivity index (χ0n) is 15.1. The minimum Gasteiger partial charge on any atom is -0.188 e. The molecule has 5 nitrogen and oxygen atoms in total. The van der Waals surface area contributed by atoms with Crippen LogP contribution in [-0.4, -0.2) is 16.8 Å². The monoisotopic (exact) mass is 469 g/mol. The Kier molecular flexibility index (Phi) is 6.53. The Hall–Kier alpha value is -2.06. The fraction of sp³-hybridized carbons (Fsp3) is 0.100. The van der Waals surface area contributed by atoms with Gasteiger partial charge in [0, 0.05) is 21.4 Å². The van der Waals surface area contributed by atoms with E-state index < -0.39 is 18.5 Å². The van der Waals surface area contributed by atoms with Crippen molar-refractivity contribution in [2.45, 2.75) is 12.8 Å². The van der Waals surface area contributed by atoms with E-state index in [4.69, 9.17) is 21.4 Å². The highest BCUT2D eigenvalue weighted by atomic mass is 35.7. The van der Waals surface area contributed by atoms with E-state index in [-0.39, 0.29) is 9.40 Å². The molecule has 3 rings (SSSR count). The molecule has 0 N–H and O–H groups in total. The van der Waals surface area contributed by atoms with Crippen LogP contribution in [-0.2, 0) is 31.3 Å². The summed E-state index contributed by atoms with van der Waals surface area (Å²) in [7, 11) is 1.49. The highest BCUT2D eigenvalue weighted by Gasteiger charge is 2.33. The van der Waals surface area contributed by atoms with Crippen LogP contribution in [0.25, 0.3) is 0 Å². The number of nitrogens with zero attached hydrogens (tertiary/aromatic N) is 1. The Bertz CT molecular complexity index is 1170. The summed E-state index contributed by atoms with van der Waals surface area (Å²) in [6.45, 7) is 0. The summed E-state index contributed by atoms with van der Waals surface area (Å²) in [6, 6.07) is 23.7. The smallest absolute Gasteiger partial charge is 0.188 e. The van der Waals surface area contributed by atoms with Gasteiger partial charge in [0.15, 0.2) is 0 Å². The molecule has 0 radical (unpaired) electrons. The number of hydrogen-bond acceptors (Lipinski definition) is 4. The number of halogens is 2. The van der Waals surface area contributed by atoms with Gasteiger partial charge in [-0.3, -0.25) is 0 Å². The average Bonchev–Trinajstić information content (AvgIpc) is 2.64. The molecule has 3 aromatic carbocycles. The van der Waals surface area contributed by atoms with Crippen LogP contribution < -0.4 is 3.71 Å². The normalized spacial score (nSPS) is 11.9. The second-order valence-corrected chi connectivity index (χ2v) is 11.3. The van der Waals surface area contributed by atoms with Gasteiger partial charge in [0.2, 0.25) is 0 Å². The molecular weight excluding hydrogens is 453 g/mol. The zero-order chi connectivity index (χ0) is 21.1. The Morgan fingerprint density at radius 3 is 1.59 bits per heavy atom. The molecule has 0 aromatic heterocycles. The van der Waals surface area contributed by atoms with E-state index in [9.17, 15) is 16.8 Å². The highest BCUT2D eigenvalue weighted by molar-refractivity contribution is 8.29. The molecule has 152 valence electrons. The minimum atomic E-state index is -4.69. The molecular formula is C20H17Cl2NO4S2. The maximum atomic E-state index is 12.1. The van der Waals surface area contributed by atoms with E-state index in [1.807, 2.05) is 66.7 Å². The Morgan fingerprint density at radius 2 is 1.10 bits per heavy atom. The van der Waals surface area contributed by atoms with E-state index in [1.165, 1.54) is 6.07 Å². The van der Waals surface area contributed by atoms with E-state index in [2.05, 4.69) is 0 Å². The maximum absolute atomic E-state index is 12.1. The molecule has 0 spiro atoms. The summed E-state index contributed by atoms with van der Waals surface area (Å²) in [6.07, 6.45) is 0.782. The molecule has 0 amide bonds. The van der Waals surface area contributed by atoms with Crippen LogP contribution in [0.5, 0.6) is 0 Å². The van der Waals surface area contributed by atoms with Gasteiger partial charge in [-0.25, -0.2) is 0 Å². The van der Waals surface area contributed by atoms with E-state index >= 15 is 0 Å². The maximum Gasteiger partial charge on any atom is 0.335 e. The molecule has 3 aromatic rings. The molecule has 0 saturated heterocycles. The van der Waals surface area contributed by atoms with Crippen molar-refractivity contribution < 1.29 is 16.8 Å². The highest BCUT2D eigenvalue weighted by Crippen LogP contribution is 2.34. The van der Waals surface area contributed by atoms with Gasteiger partial charge in [-0.05, 0) is 41.2 Å². The lowest BCUT2D eigenvalue weighted by atomic mass is 9.94. The third-order valence-electron chi connectivity index (χ3n) is 4.30. The van der Waals surface area contributed by atoms with Crippen LogP contribution in [0.4, 0.5) is 5.69 Å². The van der Waals surface area contributed by atoms with E-state index in [0.29, 0.717) is 18.4 Å². The van der Waals surface area contributed by atoms with Gasteiger partial charge in [0.1, 0.15) is 0 Å². The first-order valence-electron chi connectivity index (χ1n) is 8.54. The van der Waals surface area contributed by atoms with Gasteiger partial charge < -0.3 is 0 Å². The van der Waals surface area contributed by atoms with Crippen LogP contribution in [0.15, 0.2) is 78.9 Å². The van der Waals surface area contributed by atoms with Crippen LogP contribution >= 0.6 is 21.4 Å². The topological polar surface area (TPSA) is 71.5 Å². The summed E-state index contributed by atoms with van der Waals surface area (Å²) >= 11 is 0. The average molecular weight is 470 g/mol. The molecule has 0 unspecified atom stereocenters. The van der Waals surface area contributed by atoms with Crippen LogP contribution in [0.1, 0.15) is 22.3 Å². The number of anilines is 1. The molecule has 0 aliphatic rings. The van der Waals surface area contributed by atoms with E-state index in [0.717, 1.165) is 16.7 Å². The lowest BCUT2D eigenvalue weighted by molar-refractivity contribution is 0.599. The molecule has 0 saturated carbocycles. The minimum absolute atomic E-state index is 0.0654. The third kappa shape index (κ3) is 5.51. The van der Waals surface area contributed by atoms with Crippen molar-refractivity contribution >= 4 is 45.5 Å². The summed E-state index contributed by atoms with van der Waals surface area (Å²) in [5.74, 6) is 0. The second kappa shape index (κ2) is 8.75. The summed E-state index contributed by atoms with van der Waals surface area (Å²) in [4.78, 5) is 0. The van der Waals surface area contributed by atoms with Gasteiger partial charge in [-0.2, -0.15) is 16.8 Å². The first-order chi connectivity index (χ1) is 13.7.